The van der Waals surface area contributed by atoms with Gasteiger partial charge in [0, 0.05) is 13.1 Å². The lowest BCUT2D eigenvalue weighted by atomic mass is 9.89. The lowest BCUT2D eigenvalue weighted by Crippen LogP contribution is -2.39. The van der Waals surface area contributed by atoms with E-state index >= 15 is 0 Å². The van der Waals surface area contributed by atoms with Gasteiger partial charge in [-0.2, -0.15) is 0 Å². The highest BCUT2D eigenvalue weighted by molar-refractivity contribution is 5.74. The smallest absolute Gasteiger partial charge is 0.314 e. The van der Waals surface area contributed by atoms with Crippen LogP contribution in [0.1, 0.15) is 38.5 Å². The van der Waals surface area contributed by atoms with Gasteiger partial charge in [-0.05, 0) is 18.8 Å². The van der Waals surface area contributed by atoms with E-state index in [1.165, 1.54) is 32.1 Å². The lowest BCUT2D eigenvalue weighted by Gasteiger charge is -2.21. The first-order valence-corrected chi connectivity index (χ1v) is 5.92. The SMILES string of the molecule is O=C(O)CCNC(=O)NCC1CCCCC1. The fourth-order valence-electron chi connectivity index (χ4n) is 1.97. The maximum Gasteiger partial charge on any atom is 0.314 e. The van der Waals surface area contributed by atoms with Crippen LogP contribution in [0.25, 0.3) is 0 Å². The minimum absolute atomic E-state index is 0.0309. The molecule has 0 aromatic carbocycles. The Bertz CT molecular complexity index is 237. The number of amides is 2. The predicted octanol–water partition coefficient (Wildman–Crippen LogP) is 1.34. The summed E-state index contributed by atoms with van der Waals surface area (Å²) in [5.74, 6) is -0.299. The molecule has 16 heavy (non-hydrogen) atoms. The number of carbonyl (C=O) groups is 2. The van der Waals surface area contributed by atoms with Gasteiger partial charge in [-0.25, -0.2) is 4.79 Å². The Kier molecular flexibility index (Phi) is 5.67. The molecule has 0 spiro atoms. The van der Waals surface area contributed by atoms with E-state index in [0.29, 0.717) is 12.5 Å². The third kappa shape index (κ3) is 5.58. The molecule has 3 N–H and O–H groups in total. The zero-order valence-corrected chi connectivity index (χ0v) is 9.50. The number of aliphatic carboxylic acids is 1. The largest absolute Gasteiger partial charge is 0.481 e. The van der Waals surface area contributed by atoms with Crippen LogP contribution < -0.4 is 10.6 Å². The summed E-state index contributed by atoms with van der Waals surface area (Å²) < 4.78 is 0. The molecule has 0 unspecified atom stereocenters. The van der Waals surface area contributed by atoms with Gasteiger partial charge in [0.1, 0.15) is 0 Å². The number of rotatable bonds is 5. The summed E-state index contributed by atoms with van der Waals surface area (Å²) in [4.78, 5) is 21.5. The molecule has 0 bridgehead atoms. The van der Waals surface area contributed by atoms with E-state index < -0.39 is 5.97 Å². The van der Waals surface area contributed by atoms with Gasteiger partial charge in [0.15, 0.2) is 0 Å². The first-order chi connectivity index (χ1) is 7.68. The van der Waals surface area contributed by atoms with Gasteiger partial charge in [0.25, 0.3) is 0 Å². The zero-order valence-electron chi connectivity index (χ0n) is 9.50. The van der Waals surface area contributed by atoms with Crippen LogP contribution in [0.5, 0.6) is 0 Å². The van der Waals surface area contributed by atoms with Gasteiger partial charge in [-0.3, -0.25) is 4.79 Å². The van der Waals surface area contributed by atoms with Crippen molar-refractivity contribution in [3.8, 4) is 0 Å². The van der Waals surface area contributed by atoms with Crippen molar-refractivity contribution in [2.24, 2.45) is 5.92 Å². The molecule has 0 aliphatic heterocycles. The van der Waals surface area contributed by atoms with Crippen molar-refractivity contribution >= 4 is 12.0 Å². The van der Waals surface area contributed by atoms with E-state index in [-0.39, 0.29) is 19.0 Å². The van der Waals surface area contributed by atoms with Gasteiger partial charge >= 0.3 is 12.0 Å². The van der Waals surface area contributed by atoms with Crippen LogP contribution >= 0.6 is 0 Å². The number of urea groups is 1. The summed E-state index contributed by atoms with van der Waals surface area (Å²) in [7, 11) is 0. The second-order valence-electron chi connectivity index (χ2n) is 4.28. The molecule has 5 nitrogen and oxygen atoms in total. The van der Waals surface area contributed by atoms with Gasteiger partial charge in [0.05, 0.1) is 6.42 Å². The molecule has 1 aliphatic rings. The van der Waals surface area contributed by atoms with Gasteiger partial charge in [-0.15, -0.1) is 0 Å². The van der Waals surface area contributed by atoms with Crippen LogP contribution in [0.2, 0.25) is 0 Å². The van der Waals surface area contributed by atoms with E-state index in [0.717, 1.165) is 0 Å². The molecule has 2 amide bonds. The van der Waals surface area contributed by atoms with E-state index in [1.807, 2.05) is 0 Å². The number of carbonyl (C=O) groups excluding carboxylic acids is 1. The summed E-state index contributed by atoms with van der Waals surface area (Å²) in [6, 6.07) is -0.258. The Hall–Kier alpha value is -1.26. The molecular formula is C11H20N2O3. The molecular weight excluding hydrogens is 208 g/mol. The van der Waals surface area contributed by atoms with Gasteiger partial charge in [0.2, 0.25) is 0 Å². The Morgan fingerprint density at radius 3 is 2.44 bits per heavy atom. The van der Waals surface area contributed by atoms with E-state index in [1.54, 1.807) is 0 Å². The summed E-state index contributed by atoms with van der Waals surface area (Å²) >= 11 is 0. The number of hydrogen-bond acceptors (Lipinski definition) is 2. The van der Waals surface area contributed by atoms with Crippen molar-refractivity contribution in [1.29, 1.82) is 0 Å². The van der Waals surface area contributed by atoms with Crippen molar-refractivity contribution in [3.63, 3.8) is 0 Å². The highest BCUT2D eigenvalue weighted by Gasteiger charge is 2.13. The van der Waals surface area contributed by atoms with Crippen LogP contribution in [0.4, 0.5) is 4.79 Å². The second kappa shape index (κ2) is 7.09. The molecule has 1 rings (SSSR count). The molecule has 5 heteroatoms. The molecule has 1 saturated carbocycles. The molecule has 0 aromatic rings. The van der Waals surface area contributed by atoms with Gasteiger partial charge in [-0.1, -0.05) is 19.3 Å². The Morgan fingerprint density at radius 2 is 1.81 bits per heavy atom. The molecule has 1 fully saturated rings. The van der Waals surface area contributed by atoms with Crippen LogP contribution in [-0.2, 0) is 4.79 Å². The average molecular weight is 228 g/mol. The fourth-order valence-corrected chi connectivity index (χ4v) is 1.97. The zero-order chi connectivity index (χ0) is 11.8. The van der Waals surface area contributed by atoms with E-state index in [4.69, 9.17) is 5.11 Å². The highest BCUT2D eigenvalue weighted by atomic mass is 16.4. The first kappa shape index (κ1) is 12.8. The summed E-state index contributed by atoms with van der Waals surface area (Å²) in [6.07, 6.45) is 6.17. The maximum atomic E-state index is 11.3. The Morgan fingerprint density at radius 1 is 1.12 bits per heavy atom. The van der Waals surface area contributed by atoms with Crippen molar-refractivity contribution < 1.29 is 14.7 Å². The average Bonchev–Trinajstić information content (AvgIpc) is 2.27. The van der Waals surface area contributed by atoms with Crippen molar-refractivity contribution in [2.45, 2.75) is 38.5 Å². The minimum Gasteiger partial charge on any atom is -0.481 e. The Labute approximate surface area is 95.6 Å². The predicted molar refractivity (Wildman–Crippen MR) is 60.2 cm³/mol. The normalized spacial score (nSPS) is 16.8. The lowest BCUT2D eigenvalue weighted by molar-refractivity contribution is -0.136. The number of hydrogen-bond donors (Lipinski definition) is 3. The third-order valence-corrected chi connectivity index (χ3v) is 2.90. The van der Waals surface area contributed by atoms with Crippen molar-refractivity contribution in [1.82, 2.24) is 10.6 Å². The minimum atomic E-state index is -0.896. The second-order valence-corrected chi connectivity index (χ2v) is 4.28. The molecule has 0 atom stereocenters. The van der Waals surface area contributed by atoms with Crippen molar-refractivity contribution in [3.05, 3.63) is 0 Å². The fraction of sp³-hybridized carbons (Fsp3) is 0.818. The summed E-state index contributed by atoms with van der Waals surface area (Å²) in [5, 5.41) is 13.7. The Balaban J connectivity index is 2.02. The van der Waals surface area contributed by atoms with E-state index in [9.17, 15) is 9.59 Å². The molecule has 0 saturated heterocycles. The topological polar surface area (TPSA) is 78.4 Å². The monoisotopic (exact) mass is 228 g/mol. The standard InChI is InChI=1S/C11H20N2O3/c14-10(15)6-7-12-11(16)13-8-9-4-2-1-3-5-9/h9H,1-8H2,(H,14,15)(H2,12,13,16). The first-order valence-electron chi connectivity index (χ1n) is 5.92. The molecule has 0 aromatic heterocycles. The molecule has 1 aliphatic carbocycles. The molecule has 0 heterocycles. The van der Waals surface area contributed by atoms with Gasteiger partial charge < -0.3 is 15.7 Å². The van der Waals surface area contributed by atoms with Crippen LogP contribution in [0.15, 0.2) is 0 Å². The summed E-state index contributed by atoms with van der Waals surface area (Å²) in [6.45, 7) is 0.894. The number of nitrogens with one attached hydrogen (secondary N) is 2. The maximum absolute atomic E-state index is 11.3. The molecule has 92 valence electrons. The van der Waals surface area contributed by atoms with Crippen LogP contribution in [-0.4, -0.2) is 30.2 Å². The van der Waals surface area contributed by atoms with Crippen molar-refractivity contribution in [2.75, 3.05) is 13.1 Å². The third-order valence-electron chi connectivity index (χ3n) is 2.90. The molecule has 0 radical (unpaired) electrons. The highest BCUT2D eigenvalue weighted by Crippen LogP contribution is 2.22. The number of carboxylic acids is 1. The van der Waals surface area contributed by atoms with Crippen LogP contribution in [0, 0.1) is 5.92 Å². The number of carboxylic acid groups (broad SMARTS) is 1. The van der Waals surface area contributed by atoms with Crippen LogP contribution in [0.3, 0.4) is 0 Å². The quantitative estimate of drug-likeness (QED) is 0.664. The summed E-state index contributed by atoms with van der Waals surface area (Å²) in [5.41, 5.74) is 0. The van der Waals surface area contributed by atoms with E-state index in [2.05, 4.69) is 10.6 Å².